The van der Waals surface area contributed by atoms with Gasteiger partial charge in [0.1, 0.15) is 0 Å². The van der Waals surface area contributed by atoms with Gasteiger partial charge in [0.2, 0.25) is 10.0 Å². The highest BCUT2D eigenvalue weighted by Gasteiger charge is 2.21. The van der Waals surface area contributed by atoms with Crippen LogP contribution in [0.1, 0.15) is 49.2 Å². The van der Waals surface area contributed by atoms with Crippen LogP contribution in [0.3, 0.4) is 0 Å². The molecular weight excluding hydrogens is 422 g/mol. The van der Waals surface area contributed by atoms with Gasteiger partial charge in [-0.25, -0.2) is 8.42 Å². The van der Waals surface area contributed by atoms with E-state index in [1.165, 1.54) is 0 Å². The fourth-order valence-electron chi connectivity index (χ4n) is 3.36. The maximum Gasteiger partial charge on any atom is 0.251 e. The second kappa shape index (κ2) is 11.3. The number of benzene rings is 2. The Hall–Kier alpha value is -2.09. The molecule has 0 saturated heterocycles. The van der Waals surface area contributed by atoms with E-state index in [2.05, 4.69) is 28.8 Å². The Labute approximate surface area is 184 Å². The molecule has 0 saturated carbocycles. The molecule has 2 rings (SSSR count). The number of nitrogens with zero attached hydrogens (tertiary/aromatic N) is 1. The summed E-state index contributed by atoms with van der Waals surface area (Å²) in [5.41, 5.74) is 1.73. The van der Waals surface area contributed by atoms with Crippen molar-refractivity contribution in [3.05, 3.63) is 64.7 Å². The van der Waals surface area contributed by atoms with Crippen LogP contribution < -0.4 is 10.0 Å². The molecule has 0 spiro atoms. The first-order valence-electron chi connectivity index (χ1n) is 10.2. The fourth-order valence-corrected chi connectivity index (χ4v) is 4.75. The van der Waals surface area contributed by atoms with Crippen molar-refractivity contribution in [2.24, 2.45) is 0 Å². The van der Waals surface area contributed by atoms with Crippen LogP contribution >= 0.6 is 11.6 Å². The zero-order valence-corrected chi connectivity index (χ0v) is 19.3. The molecule has 1 atom stereocenters. The van der Waals surface area contributed by atoms with Crippen LogP contribution in [0.4, 0.5) is 5.69 Å². The van der Waals surface area contributed by atoms with Crippen LogP contribution in [0.15, 0.2) is 48.5 Å². The van der Waals surface area contributed by atoms with Crippen molar-refractivity contribution >= 4 is 33.2 Å². The van der Waals surface area contributed by atoms with Gasteiger partial charge in [-0.05, 0) is 49.3 Å². The van der Waals surface area contributed by atoms with E-state index < -0.39 is 10.0 Å². The van der Waals surface area contributed by atoms with Crippen molar-refractivity contribution in [3.63, 3.8) is 0 Å². The lowest BCUT2D eigenvalue weighted by molar-refractivity contribution is 0.0935. The number of rotatable bonds is 11. The number of hydrogen-bond donors (Lipinski definition) is 2. The number of likely N-dealkylation sites (N-methyl/N-ethyl adjacent to an activating group) is 1. The Morgan fingerprint density at radius 2 is 1.77 bits per heavy atom. The van der Waals surface area contributed by atoms with Gasteiger partial charge in [-0.2, -0.15) is 0 Å². The van der Waals surface area contributed by atoms with Gasteiger partial charge in [-0.15, -0.1) is 0 Å². The molecule has 0 bridgehead atoms. The molecule has 0 radical (unpaired) electrons. The minimum absolute atomic E-state index is 0.0345. The number of hydrogen-bond acceptors (Lipinski definition) is 4. The van der Waals surface area contributed by atoms with E-state index >= 15 is 0 Å². The Balaban J connectivity index is 2.16. The topological polar surface area (TPSA) is 78.5 Å². The monoisotopic (exact) mass is 451 g/mol. The molecule has 0 aromatic heterocycles. The number of anilines is 1. The van der Waals surface area contributed by atoms with Crippen LogP contribution in [-0.2, 0) is 10.0 Å². The number of amides is 1. The molecule has 6 nitrogen and oxygen atoms in total. The minimum atomic E-state index is -3.41. The SMILES string of the molecule is CCCS(=O)(=O)Nc1cccc(C(=O)NCC(c2ccccc2Cl)N(CC)CC)c1. The average Bonchev–Trinajstić information content (AvgIpc) is 2.71. The molecule has 0 aliphatic rings. The van der Waals surface area contributed by atoms with Gasteiger partial charge in [0.05, 0.1) is 11.8 Å². The van der Waals surface area contributed by atoms with Gasteiger partial charge in [-0.1, -0.05) is 56.6 Å². The van der Waals surface area contributed by atoms with Gasteiger partial charge in [-0.3, -0.25) is 14.4 Å². The predicted molar refractivity (Wildman–Crippen MR) is 124 cm³/mol. The van der Waals surface area contributed by atoms with Crippen LogP contribution in [0, 0.1) is 0 Å². The molecular formula is C22H30ClN3O3S. The summed E-state index contributed by atoms with van der Waals surface area (Å²) in [6, 6.07) is 14.1. The Morgan fingerprint density at radius 1 is 1.07 bits per heavy atom. The van der Waals surface area contributed by atoms with Gasteiger partial charge < -0.3 is 5.32 Å². The normalized spacial score (nSPS) is 12.6. The number of sulfonamides is 1. The smallest absolute Gasteiger partial charge is 0.251 e. The third-order valence-electron chi connectivity index (χ3n) is 4.84. The van der Waals surface area contributed by atoms with E-state index in [4.69, 9.17) is 11.6 Å². The molecule has 1 unspecified atom stereocenters. The Morgan fingerprint density at radius 3 is 2.40 bits per heavy atom. The molecule has 1 amide bonds. The number of halogens is 1. The lowest BCUT2D eigenvalue weighted by atomic mass is 10.0. The van der Waals surface area contributed by atoms with Gasteiger partial charge in [0, 0.05) is 22.8 Å². The molecule has 0 aliphatic carbocycles. The number of nitrogens with one attached hydrogen (secondary N) is 2. The summed E-state index contributed by atoms with van der Waals surface area (Å²) in [5, 5.41) is 3.64. The maximum absolute atomic E-state index is 12.8. The van der Waals surface area contributed by atoms with E-state index in [1.54, 1.807) is 31.2 Å². The first-order chi connectivity index (χ1) is 14.3. The van der Waals surface area contributed by atoms with Crippen LogP contribution in [0.25, 0.3) is 0 Å². The molecule has 2 aromatic carbocycles. The summed E-state index contributed by atoms with van der Waals surface area (Å²) in [4.78, 5) is 15.0. The first kappa shape index (κ1) is 24.2. The van der Waals surface area contributed by atoms with Crippen molar-refractivity contribution in [3.8, 4) is 0 Å². The molecule has 2 N–H and O–H groups in total. The summed E-state index contributed by atoms with van der Waals surface area (Å²) in [7, 11) is -3.41. The lowest BCUT2D eigenvalue weighted by Crippen LogP contribution is -2.38. The number of carbonyl (C=O) groups is 1. The maximum atomic E-state index is 12.8. The van der Waals surface area contributed by atoms with Crippen molar-refractivity contribution in [2.45, 2.75) is 33.2 Å². The van der Waals surface area contributed by atoms with E-state index in [9.17, 15) is 13.2 Å². The highest BCUT2D eigenvalue weighted by molar-refractivity contribution is 7.92. The largest absolute Gasteiger partial charge is 0.350 e. The van der Waals surface area contributed by atoms with E-state index in [0.717, 1.165) is 18.7 Å². The van der Waals surface area contributed by atoms with Crippen molar-refractivity contribution in [1.29, 1.82) is 0 Å². The fraction of sp³-hybridized carbons (Fsp3) is 0.409. The van der Waals surface area contributed by atoms with E-state index in [-0.39, 0.29) is 17.7 Å². The summed E-state index contributed by atoms with van der Waals surface area (Å²) < 4.78 is 26.5. The zero-order valence-electron chi connectivity index (χ0n) is 17.7. The number of carbonyl (C=O) groups excluding carboxylic acids is 1. The predicted octanol–water partition coefficient (Wildman–Crippen LogP) is 4.30. The van der Waals surface area contributed by atoms with E-state index in [0.29, 0.717) is 29.2 Å². The highest BCUT2D eigenvalue weighted by atomic mass is 35.5. The van der Waals surface area contributed by atoms with Crippen LogP contribution in [0.5, 0.6) is 0 Å². The lowest BCUT2D eigenvalue weighted by Gasteiger charge is -2.31. The van der Waals surface area contributed by atoms with Crippen LogP contribution in [0.2, 0.25) is 5.02 Å². The Bertz CT molecular complexity index is 946. The third-order valence-corrected chi connectivity index (χ3v) is 6.68. The molecule has 0 fully saturated rings. The van der Waals surface area contributed by atoms with Crippen LogP contribution in [-0.4, -0.2) is 44.6 Å². The average molecular weight is 452 g/mol. The Kier molecular flexibility index (Phi) is 9.14. The van der Waals surface area contributed by atoms with Gasteiger partial charge in [0.25, 0.3) is 5.91 Å². The summed E-state index contributed by atoms with van der Waals surface area (Å²) >= 11 is 6.41. The summed E-state index contributed by atoms with van der Waals surface area (Å²) in [6.07, 6.45) is 0.518. The second-order valence-electron chi connectivity index (χ2n) is 6.97. The minimum Gasteiger partial charge on any atom is -0.350 e. The van der Waals surface area contributed by atoms with E-state index in [1.807, 2.05) is 24.3 Å². The molecule has 0 aliphatic heterocycles. The first-order valence-corrected chi connectivity index (χ1v) is 12.2. The zero-order chi connectivity index (χ0) is 22.1. The van der Waals surface area contributed by atoms with Gasteiger partial charge in [0.15, 0.2) is 0 Å². The second-order valence-corrected chi connectivity index (χ2v) is 9.22. The molecule has 0 heterocycles. The van der Waals surface area contributed by atoms with Crippen molar-refractivity contribution in [1.82, 2.24) is 10.2 Å². The van der Waals surface area contributed by atoms with Crippen molar-refractivity contribution < 1.29 is 13.2 Å². The van der Waals surface area contributed by atoms with Crippen molar-refractivity contribution in [2.75, 3.05) is 30.1 Å². The quantitative estimate of drug-likeness (QED) is 0.533. The third kappa shape index (κ3) is 6.72. The standard InChI is InChI=1S/C22H30ClN3O3S/c1-4-14-30(28,29)25-18-11-9-10-17(15-18)22(27)24-16-21(26(5-2)6-3)19-12-7-8-13-20(19)23/h7-13,15,21,25H,4-6,14,16H2,1-3H3,(H,24,27). The molecule has 8 heteroatoms. The molecule has 2 aromatic rings. The van der Waals surface area contributed by atoms with Gasteiger partial charge >= 0.3 is 0 Å². The molecule has 164 valence electrons. The summed E-state index contributed by atoms with van der Waals surface area (Å²) in [5.74, 6) is -0.233. The summed E-state index contributed by atoms with van der Waals surface area (Å²) in [6.45, 7) is 7.96. The molecule has 30 heavy (non-hydrogen) atoms. The highest BCUT2D eigenvalue weighted by Crippen LogP contribution is 2.27.